The minimum absolute atomic E-state index is 0.0205. The maximum Gasteiger partial charge on any atom is 0.280 e. The van der Waals surface area contributed by atoms with E-state index in [4.69, 9.17) is 9.47 Å². The predicted octanol–water partition coefficient (Wildman–Crippen LogP) is 2.57. The fourth-order valence-electron chi connectivity index (χ4n) is 2.62. The Morgan fingerprint density at radius 3 is 2.58 bits per heavy atom. The standard InChI is InChI=1S/C16H15N3O5/c1-9-16(10(2)18(3)17-9)13(20)5-4-11-6-14-15(24-8-23-14)7-12(11)19(21)22/h4-7H,8H2,1-3H3/b5-4+. The third-order valence-electron chi connectivity index (χ3n) is 3.89. The summed E-state index contributed by atoms with van der Waals surface area (Å²) in [5.41, 5.74) is 1.98. The second-order valence-corrected chi connectivity index (χ2v) is 5.39. The Morgan fingerprint density at radius 1 is 1.33 bits per heavy atom. The van der Waals surface area contributed by atoms with Gasteiger partial charge in [-0.15, -0.1) is 0 Å². The topological polar surface area (TPSA) is 96.5 Å². The summed E-state index contributed by atoms with van der Waals surface area (Å²) in [5.74, 6) is 0.482. The summed E-state index contributed by atoms with van der Waals surface area (Å²) in [6, 6.07) is 2.79. The van der Waals surface area contributed by atoms with E-state index in [1.54, 1.807) is 25.6 Å². The van der Waals surface area contributed by atoms with Gasteiger partial charge in [0.05, 0.1) is 27.8 Å². The van der Waals surface area contributed by atoms with E-state index in [1.165, 1.54) is 24.3 Å². The number of hydrogen-bond donors (Lipinski definition) is 0. The SMILES string of the molecule is Cc1nn(C)c(C)c1C(=O)/C=C/c1cc2c(cc1[N+](=O)[O-])OCO2. The van der Waals surface area contributed by atoms with Gasteiger partial charge in [-0.1, -0.05) is 0 Å². The van der Waals surface area contributed by atoms with Gasteiger partial charge < -0.3 is 9.47 Å². The number of nitro groups is 1. The molecule has 0 radical (unpaired) electrons. The van der Waals surface area contributed by atoms with Crippen molar-refractivity contribution in [2.75, 3.05) is 6.79 Å². The summed E-state index contributed by atoms with van der Waals surface area (Å²) in [4.78, 5) is 23.1. The van der Waals surface area contributed by atoms with E-state index in [2.05, 4.69) is 5.10 Å². The molecule has 0 atom stereocenters. The molecule has 1 aliphatic heterocycles. The number of aromatic nitrogens is 2. The van der Waals surface area contributed by atoms with Crippen LogP contribution in [0.5, 0.6) is 11.5 Å². The monoisotopic (exact) mass is 329 g/mol. The third-order valence-corrected chi connectivity index (χ3v) is 3.89. The summed E-state index contributed by atoms with van der Waals surface area (Å²) in [5, 5.41) is 15.4. The van der Waals surface area contributed by atoms with Crippen molar-refractivity contribution in [3.63, 3.8) is 0 Å². The summed E-state index contributed by atoms with van der Waals surface area (Å²) in [7, 11) is 1.76. The van der Waals surface area contributed by atoms with Crippen molar-refractivity contribution in [3.05, 3.63) is 50.8 Å². The number of ketones is 1. The Balaban J connectivity index is 1.97. The summed E-state index contributed by atoms with van der Waals surface area (Å²) < 4.78 is 12.0. The number of ether oxygens (including phenoxy) is 2. The number of rotatable bonds is 4. The molecule has 24 heavy (non-hydrogen) atoms. The molecular formula is C16H15N3O5. The molecule has 1 aromatic carbocycles. The van der Waals surface area contributed by atoms with Gasteiger partial charge in [-0.05, 0) is 32.1 Å². The average molecular weight is 329 g/mol. The maximum absolute atomic E-state index is 12.4. The molecule has 1 aliphatic rings. The summed E-state index contributed by atoms with van der Waals surface area (Å²) >= 11 is 0. The zero-order valence-electron chi connectivity index (χ0n) is 13.4. The molecule has 3 rings (SSSR count). The number of hydrogen-bond acceptors (Lipinski definition) is 6. The molecule has 0 spiro atoms. The van der Waals surface area contributed by atoms with Crippen molar-refractivity contribution in [3.8, 4) is 11.5 Å². The van der Waals surface area contributed by atoms with Crippen LogP contribution in [0.4, 0.5) is 5.69 Å². The minimum Gasteiger partial charge on any atom is -0.454 e. The van der Waals surface area contributed by atoms with Crippen molar-refractivity contribution in [2.24, 2.45) is 7.05 Å². The van der Waals surface area contributed by atoms with E-state index < -0.39 is 4.92 Å². The van der Waals surface area contributed by atoms with Gasteiger partial charge in [-0.2, -0.15) is 5.10 Å². The first kappa shape index (κ1) is 15.7. The van der Waals surface area contributed by atoms with Gasteiger partial charge in [-0.25, -0.2) is 0 Å². The van der Waals surface area contributed by atoms with E-state index in [-0.39, 0.29) is 23.8 Å². The Hall–Kier alpha value is -3.16. The van der Waals surface area contributed by atoms with Crippen LogP contribution in [0.25, 0.3) is 6.08 Å². The van der Waals surface area contributed by atoms with Gasteiger partial charge in [0.1, 0.15) is 0 Å². The number of fused-ring (bicyclic) bond motifs is 1. The lowest BCUT2D eigenvalue weighted by Crippen LogP contribution is -2.00. The molecule has 8 heteroatoms. The highest BCUT2D eigenvalue weighted by Crippen LogP contribution is 2.38. The number of carbonyl (C=O) groups excluding carboxylic acids is 1. The Morgan fingerprint density at radius 2 is 2.00 bits per heavy atom. The second-order valence-electron chi connectivity index (χ2n) is 5.39. The van der Waals surface area contributed by atoms with E-state index in [0.717, 1.165) is 5.69 Å². The van der Waals surface area contributed by atoms with Gasteiger partial charge in [-0.3, -0.25) is 19.6 Å². The molecule has 8 nitrogen and oxygen atoms in total. The molecule has 0 bridgehead atoms. The second kappa shape index (κ2) is 5.80. The zero-order chi connectivity index (χ0) is 17.4. The molecule has 124 valence electrons. The lowest BCUT2D eigenvalue weighted by molar-refractivity contribution is -0.385. The highest BCUT2D eigenvalue weighted by Gasteiger charge is 2.22. The van der Waals surface area contributed by atoms with Crippen LogP contribution in [-0.2, 0) is 7.05 Å². The molecular weight excluding hydrogens is 314 g/mol. The quantitative estimate of drug-likeness (QED) is 0.370. The van der Waals surface area contributed by atoms with Crippen LogP contribution in [0, 0.1) is 24.0 Å². The number of carbonyl (C=O) groups is 1. The van der Waals surface area contributed by atoms with Gasteiger partial charge in [0.2, 0.25) is 6.79 Å². The van der Waals surface area contributed by atoms with E-state index in [1.807, 2.05) is 0 Å². The van der Waals surface area contributed by atoms with Gasteiger partial charge in [0, 0.05) is 12.7 Å². The number of aryl methyl sites for hydroxylation is 2. The third kappa shape index (κ3) is 2.62. The van der Waals surface area contributed by atoms with Gasteiger partial charge in [0.25, 0.3) is 5.69 Å². The molecule has 0 saturated heterocycles. The predicted molar refractivity (Wildman–Crippen MR) is 85.3 cm³/mol. The minimum atomic E-state index is -0.521. The largest absolute Gasteiger partial charge is 0.454 e. The van der Waals surface area contributed by atoms with Crippen molar-refractivity contribution in [1.82, 2.24) is 9.78 Å². The Bertz CT molecular complexity index is 882. The number of nitro benzene ring substituents is 1. The fourth-order valence-corrected chi connectivity index (χ4v) is 2.62. The lowest BCUT2D eigenvalue weighted by Gasteiger charge is -2.01. The molecule has 0 fully saturated rings. The molecule has 0 aliphatic carbocycles. The van der Waals surface area contributed by atoms with Gasteiger partial charge >= 0.3 is 0 Å². The molecule has 2 heterocycles. The van der Waals surface area contributed by atoms with Crippen LogP contribution >= 0.6 is 0 Å². The Kier molecular flexibility index (Phi) is 3.80. The van der Waals surface area contributed by atoms with Crippen molar-refractivity contribution < 1.29 is 19.2 Å². The van der Waals surface area contributed by atoms with Crippen molar-refractivity contribution in [1.29, 1.82) is 0 Å². The van der Waals surface area contributed by atoms with Crippen LogP contribution in [-0.4, -0.2) is 27.3 Å². The lowest BCUT2D eigenvalue weighted by atomic mass is 10.1. The zero-order valence-corrected chi connectivity index (χ0v) is 13.4. The summed E-state index contributed by atoms with van der Waals surface area (Å²) in [6.45, 7) is 3.56. The molecule has 0 amide bonds. The van der Waals surface area contributed by atoms with E-state index in [0.29, 0.717) is 22.8 Å². The van der Waals surface area contributed by atoms with Crippen LogP contribution in [0.2, 0.25) is 0 Å². The highest BCUT2D eigenvalue weighted by molar-refractivity contribution is 6.08. The van der Waals surface area contributed by atoms with E-state index in [9.17, 15) is 14.9 Å². The number of nitrogens with zero attached hydrogens (tertiary/aromatic N) is 3. The normalized spacial score (nSPS) is 12.8. The molecule has 1 aromatic heterocycles. The first-order valence-corrected chi connectivity index (χ1v) is 7.19. The first-order chi connectivity index (χ1) is 11.4. The average Bonchev–Trinajstić information content (AvgIpc) is 3.08. The first-order valence-electron chi connectivity index (χ1n) is 7.19. The van der Waals surface area contributed by atoms with Crippen LogP contribution in [0.15, 0.2) is 18.2 Å². The number of benzene rings is 1. The molecule has 0 saturated carbocycles. The van der Waals surface area contributed by atoms with Crippen molar-refractivity contribution >= 4 is 17.5 Å². The molecule has 0 N–H and O–H groups in total. The molecule has 0 unspecified atom stereocenters. The van der Waals surface area contributed by atoms with Crippen molar-refractivity contribution in [2.45, 2.75) is 13.8 Å². The van der Waals surface area contributed by atoms with Gasteiger partial charge in [0.15, 0.2) is 17.3 Å². The van der Waals surface area contributed by atoms with Crippen LogP contribution < -0.4 is 9.47 Å². The molecule has 2 aromatic rings. The van der Waals surface area contributed by atoms with Crippen LogP contribution in [0.3, 0.4) is 0 Å². The number of allylic oxidation sites excluding steroid dienone is 1. The maximum atomic E-state index is 12.4. The summed E-state index contributed by atoms with van der Waals surface area (Å²) in [6.07, 6.45) is 2.72. The van der Waals surface area contributed by atoms with Crippen LogP contribution in [0.1, 0.15) is 27.3 Å². The van der Waals surface area contributed by atoms with E-state index >= 15 is 0 Å². The fraction of sp³-hybridized carbons (Fsp3) is 0.250. The highest BCUT2D eigenvalue weighted by atomic mass is 16.7. The Labute approximate surface area is 137 Å². The smallest absolute Gasteiger partial charge is 0.280 e.